The van der Waals surface area contributed by atoms with Gasteiger partial charge in [-0.2, -0.15) is 0 Å². The van der Waals surface area contributed by atoms with Crippen molar-refractivity contribution in [3.8, 4) is 55.6 Å². The lowest BCUT2D eigenvalue weighted by Crippen LogP contribution is -2.15. The highest BCUT2D eigenvalue weighted by Crippen LogP contribution is 2.51. The Balaban J connectivity index is 0.907. The first-order chi connectivity index (χ1) is 27.9. The number of benzene rings is 8. The summed E-state index contributed by atoms with van der Waals surface area (Å²) in [6.45, 7) is 4.66. The van der Waals surface area contributed by atoms with Crippen LogP contribution >= 0.6 is 0 Å². The van der Waals surface area contributed by atoms with Gasteiger partial charge >= 0.3 is 0 Å². The van der Waals surface area contributed by atoms with Crippen LogP contribution in [0.1, 0.15) is 45.7 Å². The lowest BCUT2D eigenvalue weighted by Gasteiger charge is -2.22. The SMILES string of the molecule is CC1(C)c2cc(-c3ccc(-c4cc(C=O)cc5c4[nH]c4ccccc45)cc3)ccc2-c2ccc(-c3ccc(-c4cc(C=O)cc5c4[nH]c4ccccc45)cc3)cc21. The Kier molecular flexibility index (Phi) is 7.17. The molecule has 4 nitrogen and oxygen atoms in total. The third kappa shape index (κ3) is 5.07. The molecule has 57 heavy (non-hydrogen) atoms. The van der Waals surface area contributed by atoms with E-state index in [9.17, 15) is 9.59 Å². The number of carbonyl (C=O) groups is 2. The van der Waals surface area contributed by atoms with Gasteiger partial charge in [-0.25, -0.2) is 0 Å². The number of H-pyrrole nitrogens is 2. The third-order valence-corrected chi connectivity index (χ3v) is 12.3. The van der Waals surface area contributed by atoms with Gasteiger partial charge in [0, 0.05) is 60.2 Å². The number of hydrogen-bond acceptors (Lipinski definition) is 2. The summed E-state index contributed by atoms with van der Waals surface area (Å²) in [6.07, 6.45) is 1.86. The molecule has 0 radical (unpaired) electrons. The average molecular weight is 733 g/mol. The number of rotatable bonds is 6. The molecule has 10 aromatic rings. The van der Waals surface area contributed by atoms with Crippen LogP contribution in [0, 0.1) is 0 Å². The average Bonchev–Trinajstić information content (AvgIpc) is 3.90. The Labute approximate surface area is 329 Å². The van der Waals surface area contributed by atoms with Crippen molar-refractivity contribution in [2.45, 2.75) is 19.3 Å². The quantitative estimate of drug-likeness (QED) is 0.167. The number of carbonyl (C=O) groups excluding carboxylic acids is 2. The monoisotopic (exact) mass is 732 g/mol. The molecule has 0 fully saturated rings. The normalized spacial score (nSPS) is 13.0. The standard InChI is InChI=1S/C53H36N2O2/c1-53(2)47-27-37(33-11-15-35(16-12-33)43-23-31(29-56)25-45-41-7-3-5-9-49(41)54-51(43)45)19-21-39(47)40-22-20-38(28-48(40)53)34-13-17-36(18-14-34)44-24-32(30-57)26-46-42-8-4-6-10-50(42)55-52(44)46/h3-30,54-55H,1-2H3. The molecule has 0 unspecified atom stereocenters. The van der Waals surface area contributed by atoms with E-state index < -0.39 is 0 Å². The van der Waals surface area contributed by atoms with Crippen LogP contribution in [-0.2, 0) is 5.41 Å². The van der Waals surface area contributed by atoms with Gasteiger partial charge in [0.05, 0.1) is 11.0 Å². The molecule has 2 N–H and O–H groups in total. The van der Waals surface area contributed by atoms with Crippen LogP contribution in [0.5, 0.6) is 0 Å². The molecule has 4 heteroatoms. The van der Waals surface area contributed by atoms with Crippen LogP contribution in [0.3, 0.4) is 0 Å². The van der Waals surface area contributed by atoms with Gasteiger partial charge in [0.15, 0.2) is 0 Å². The molecule has 1 aliphatic carbocycles. The maximum Gasteiger partial charge on any atom is 0.150 e. The summed E-state index contributed by atoms with van der Waals surface area (Å²) < 4.78 is 0. The minimum atomic E-state index is -0.191. The molecule has 0 atom stereocenters. The molecule has 0 spiro atoms. The highest BCUT2D eigenvalue weighted by atomic mass is 16.1. The highest BCUT2D eigenvalue weighted by Gasteiger charge is 2.36. The number of hydrogen-bond donors (Lipinski definition) is 2. The molecule has 1 aliphatic rings. The van der Waals surface area contributed by atoms with E-state index in [1.807, 2.05) is 48.5 Å². The third-order valence-electron chi connectivity index (χ3n) is 12.3. The minimum absolute atomic E-state index is 0.191. The first kappa shape index (κ1) is 33.1. The van der Waals surface area contributed by atoms with Crippen molar-refractivity contribution in [3.63, 3.8) is 0 Å². The van der Waals surface area contributed by atoms with E-state index in [1.165, 1.54) is 33.4 Å². The van der Waals surface area contributed by atoms with E-state index in [1.54, 1.807) is 0 Å². The van der Waals surface area contributed by atoms with Crippen molar-refractivity contribution >= 4 is 56.2 Å². The molecule has 0 bridgehead atoms. The van der Waals surface area contributed by atoms with Crippen molar-refractivity contribution in [1.82, 2.24) is 9.97 Å². The van der Waals surface area contributed by atoms with Crippen LogP contribution in [0.2, 0.25) is 0 Å². The van der Waals surface area contributed by atoms with E-state index >= 15 is 0 Å². The molecule has 2 aromatic heterocycles. The van der Waals surface area contributed by atoms with E-state index in [-0.39, 0.29) is 5.41 Å². The molecular weight excluding hydrogens is 697 g/mol. The first-order valence-electron chi connectivity index (χ1n) is 19.4. The Bertz CT molecular complexity index is 3070. The van der Waals surface area contributed by atoms with Crippen LogP contribution < -0.4 is 0 Å². The first-order valence-corrected chi connectivity index (χ1v) is 19.4. The summed E-state index contributed by atoms with van der Waals surface area (Å²) in [7, 11) is 0. The van der Waals surface area contributed by atoms with Crippen molar-refractivity contribution in [1.29, 1.82) is 0 Å². The Morgan fingerprint density at radius 3 is 1.19 bits per heavy atom. The van der Waals surface area contributed by atoms with Crippen molar-refractivity contribution in [2.24, 2.45) is 0 Å². The fourth-order valence-corrected chi connectivity index (χ4v) is 9.32. The molecule has 0 saturated carbocycles. The maximum absolute atomic E-state index is 12.0. The zero-order valence-electron chi connectivity index (χ0n) is 31.5. The number of nitrogens with one attached hydrogen (secondary N) is 2. The predicted octanol–water partition coefficient (Wildman–Crippen LogP) is 13.6. The van der Waals surface area contributed by atoms with Crippen molar-refractivity contribution in [2.75, 3.05) is 0 Å². The minimum Gasteiger partial charge on any atom is -0.354 e. The second-order valence-electron chi connectivity index (χ2n) is 15.9. The molecule has 270 valence electrons. The van der Waals surface area contributed by atoms with Gasteiger partial charge < -0.3 is 9.97 Å². The summed E-state index contributed by atoms with van der Waals surface area (Å²) in [5.74, 6) is 0. The fraction of sp³-hybridized carbons (Fsp3) is 0.0566. The van der Waals surface area contributed by atoms with Crippen LogP contribution in [-0.4, -0.2) is 22.5 Å². The topological polar surface area (TPSA) is 65.7 Å². The van der Waals surface area contributed by atoms with E-state index in [2.05, 4.69) is 133 Å². The summed E-state index contributed by atoms with van der Waals surface area (Å²) in [5.41, 5.74) is 19.4. The van der Waals surface area contributed by atoms with Gasteiger partial charge in [0.2, 0.25) is 0 Å². The molecule has 8 aromatic carbocycles. The summed E-state index contributed by atoms with van der Waals surface area (Å²) in [5, 5.41) is 4.35. The molecular formula is C53H36N2O2. The van der Waals surface area contributed by atoms with Crippen LogP contribution in [0.15, 0.2) is 158 Å². The highest BCUT2D eigenvalue weighted by molar-refractivity contribution is 6.14. The lowest BCUT2D eigenvalue weighted by atomic mass is 9.80. The number of para-hydroxylation sites is 2. The summed E-state index contributed by atoms with van der Waals surface area (Å²) in [6, 6.07) is 55.5. The van der Waals surface area contributed by atoms with Gasteiger partial charge in [-0.15, -0.1) is 0 Å². The molecule has 0 saturated heterocycles. The zero-order valence-corrected chi connectivity index (χ0v) is 31.5. The zero-order chi connectivity index (χ0) is 38.4. The van der Waals surface area contributed by atoms with Gasteiger partial charge in [-0.1, -0.05) is 123 Å². The lowest BCUT2D eigenvalue weighted by molar-refractivity contribution is 0.111. The molecule has 11 rings (SSSR count). The maximum atomic E-state index is 12.0. The Morgan fingerprint density at radius 2 is 0.772 bits per heavy atom. The van der Waals surface area contributed by atoms with E-state index in [4.69, 9.17) is 0 Å². The smallest absolute Gasteiger partial charge is 0.150 e. The summed E-state index contributed by atoms with van der Waals surface area (Å²) >= 11 is 0. The van der Waals surface area contributed by atoms with Gasteiger partial charge in [0.25, 0.3) is 0 Å². The van der Waals surface area contributed by atoms with Crippen molar-refractivity contribution < 1.29 is 9.59 Å². The second kappa shape index (κ2) is 12.4. The number of aromatic nitrogens is 2. The van der Waals surface area contributed by atoms with Gasteiger partial charge in [-0.3, -0.25) is 9.59 Å². The second-order valence-corrected chi connectivity index (χ2v) is 15.9. The van der Waals surface area contributed by atoms with Gasteiger partial charge in [0.1, 0.15) is 12.6 Å². The fourth-order valence-electron chi connectivity index (χ4n) is 9.32. The Hall–Kier alpha value is -7.30. The summed E-state index contributed by atoms with van der Waals surface area (Å²) in [4.78, 5) is 31.1. The van der Waals surface area contributed by atoms with Crippen LogP contribution in [0.4, 0.5) is 0 Å². The number of aromatic amines is 2. The molecule has 0 amide bonds. The van der Waals surface area contributed by atoms with E-state index in [0.29, 0.717) is 11.1 Å². The molecule has 0 aliphatic heterocycles. The van der Waals surface area contributed by atoms with Crippen molar-refractivity contribution in [3.05, 3.63) is 180 Å². The predicted molar refractivity (Wildman–Crippen MR) is 235 cm³/mol. The van der Waals surface area contributed by atoms with Gasteiger partial charge in [-0.05, 0) is 104 Å². The molecule has 2 heterocycles. The van der Waals surface area contributed by atoms with E-state index in [0.717, 1.165) is 89.6 Å². The van der Waals surface area contributed by atoms with Crippen LogP contribution in [0.25, 0.3) is 99.2 Å². The Morgan fingerprint density at radius 1 is 0.386 bits per heavy atom. The number of aldehydes is 2. The largest absolute Gasteiger partial charge is 0.354 e. The number of fused-ring (bicyclic) bond motifs is 9.